The highest BCUT2D eigenvalue weighted by Gasteiger charge is 2.39. The summed E-state index contributed by atoms with van der Waals surface area (Å²) in [7, 11) is 0. The molecule has 2 atom stereocenters. The molecule has 0 spiro atoms. The standard InChI is InChI=1S/C19H26ClN3O3/c1-14-17(13-21-8-2-3-9-21)23(11-10-22(14)19(25)26)18(24)12-15-4-6-16(20)7-5-15/h4-7,14,17H,2-3,8-13H2,1H3,(H,25,26). The Bertz CT molecular complexity index is 646. The molecule has 0 bridgehead atoms. The van der Waals surface area contributed by atoms with Crippen molar-refractivity contribution in [1.29, 1.82) is 0 Å². The van der Waals surface area contributed by atoms with Crippen molar-refractivity contribution < 1.29 is 14.7 Å². The molecule has 142 valence electrons. The van der Waals surface area contributed by atoms with Crippen molar-refractivity contribution in [3.8, 4) is 0 Å². The molecule has 0 aromatic heterocycles. The number of halogens is 1. The maximum absolute atomic E-state index is 13.0. The summed E-state index contributed by atoms with van der Waals surface area (Å²) in [6.45, 7) is 5.50. The first-order valence-corrected chi connectivity index (χ1v) is 9.59. The molecule has 0 saturated carbocycles. The van der Waals surface area contributed by atoms with Crippen LogP contribution in [-0.4, -0.2) is 76.6 Å². The molecule has 2 aliphatic rings. The number of hydrogen-bond acceptors (Lipinski definition) is 3. The molecule has 2 fully saturated rings. The molecule has 2 saturated heterocycles. The Labute approximate surface area is 159 Å². The monoisotopic (exact) mass is 379 g/mol. The fourth-order valence-electron chi connectivity index (χ4n) is 3.99. The average Bonchev–Trinajstić information content (AvgIpc) is 3.11. The van der Waals surface area contributed by atoms with Gasteiger partial charge in [0.05, 0.1) is 18.5 Å². The van der Waals surface area contributed by atoms with E-state index < -0.39 is 6.09 Å². The average molecular weight is 380 g/mol. The van der Waals surface area contributed by atoms with Gasteiger partial charge in [0.25, 0.3) is 0 Å². The molecule has 1 aromatic carbocycles. The summed E-state index contributed by atoms with van der Waals surface area (Å²) in [6.07, 6.45) is 1.74. The fourth-order valence-corrected chi connectivity index (χ4v) is 4.12. The van der Waals surface area contributed by atoms with Crippen LogP contribution in [0.3, 0.4) is 0 Å². The van der Waals surface area contributed by atoms with E-state index in [1.165, 1.54) is 17.7 Å². The molecule has 1 N–H and O–H groups in total. The van der Waals surface area contributed by atoms with E-state index in [1.54, 1.807) is 12.1 Å². The summed E-state index contributed by atoms with van der Waals surface area (Å²) < 4.78 is 0. The fraction of sp³-hybridized carbons (Fsp3) is 0.579. The number of carbonyl (C=O) groups excluding carboxylic acids is 1. The number of likely N-dealkylation sites (tertiary alicyclic amines) is 1. The molecule has 7 heteroatoms. The number of carbonyl (C=O) groups is 2. The van der Waals surface area contributed by atoms with Crippen LogP contribution in [0.2, 0.25) is 5.02 Å². The van der Waals surface area contributed by atoms with E-state index in [0.717, 1.165) is 25.2 Å². The lowest BCUT2D eigenvalue weighted by molar-refractivity contribution is -0.137. The van der Waals surface area contributed by atoms with Crippen molar-refractivity contribution in [1.82, 2.24) is 14.7 Å². The van der Waals surface area contributed by atoms with Gasteiger partial charge in [0.2, 0.25) is 5.91 Å². The molecule has 0 radical (unpaired) electrons. The van der Waals surface area contributed by atoms with Gasteiger partial charge in [0.15, 0.2) is 0 Å². The van der Waals surface area contributed by atoms with Crippen LogP contribution < -0.4 is 0 Å². The summed E-state index contributed by atoms with van der Waals surface area (Å²) in [5.74, 6) is 0.0495. The summed E-state index contributed by atoms with van der Waals surface area (Å²) in [6, 6.07) is 6.99. The van der Waals surface area contributed by atoms with E-state index in [-0.39, 0.29) is 18.0 Å². The Kier molecular flexibility index (Phi) is 6.04. The zero-order chi connectivity index (χ0) is 18.7. The number of benzene rings is 1. The Hall–Kier alpha value is -1.79. The normalized spacial score (nSPS) is 24.1. The molecule has 0 aliphatic carbocycles. The highest BCUT2D eigenvalue weighted by molar-refractivity contribution is 6.30. The van der Waals surface area contributed by atoms with Crippen molar-refractivity contribution in [2.45, 2.75) is 38.3 Å². The Morgan fingerprint density at radius 2 is 1.69 bits per heavy atom. The lowest BCUT2D eigenvalue weighted by atomic mass is 10.0. The molecule has 1 aromatic rings. The van der Waals surface area contributed by atoms with E-state index >= 15 is 0 Å². The number of amides is 2. The van der Waals surface area contributed by atoms with E-state index in [1.807, 2.05) is 24.0 Å². The van der Waals surface area contributed by atoms with E-state index in [2.05, 4.69) is 4.90 Å². The van der Waals surface area contributed by atoms with Gasteiger partial charge >= 0.3 is 6.09 Å². The van der Waals surface area contributed by atoms with Crippen LogP contribution in [0.25, 0.3) is 0 Å². The quantitative estimate of drug-likeness (QED) is 0.873. The molecule has 6 nitrogen and oxygen atoms in total. The smallest absolute Gasteiger partial charge is 0.407 e. The van der Waals surface area contributed by atoms with Crippen molar-refractivity contribution in [2.24, 2.45) is 0 Å². The SMILES string of the molecule is CC1C(CN2CCCC2)N(C(=O)Cc2ccc(Cl)cc2)CCN1C(=O)O. The molecular weight excluding hydrogens is 354 g/mol. The van der Waals surface area contributed by atoms with Gasteiger partial charge in [-0.15, -0.1) is 0 Å². The summed E-state index contributed by atoms with van der Waals surface area (Å²) in [5, 5.41) is 10.1. The second-order valence-electron chi connectivity index (χ2n) is 7.18. The van der Waals surface area contributed by atoms with Gasteiger partial charge in [0.1, 0.15) is 0 Å². The minimum atomic E-state index is -0.909. The lowest BCUT2D eigenvalue weighted by Gasteiger charge is -2.46. The van der Waals surface area contributed by atoms with Gasteiger partial charge < -0.3 is 19.8 Å². The van der Waals surface area contributed by atoms with Crippen LogP contribution in [-0.2, 0) is 11.2 Å². The zero-order valence-corrected chi connectivity index (χ0v) is 15.9. The summed E-state index contributed by atoms with van der Waals surface area (Å²) >= 11 is 5.92. The molecule has 2 heterocycles. The Balaban J connectivity index is 1.74. The van der Waals surface area contributed by atoms with Crippen molar-refractivity contribution in [3.63, 3.8) is 0 Å². The largest absolute Gasteiger partial charge is 0.465 e. The van der Waals surface area contributed by atoms with Gasteiger partial charge in [-0.25, -0.2) is 4.79 Å². The highest BCUT2D eigenvalue weighted by atomic mass is 35.5. The second-order valence-corrected chi connectivity index (χ2v) is 7.62. The van der Waals surface area contributed by atoms with Crippen LogP contribution in [0.15, 0.2) is 24.3 Å². The minimum Gasteiger partial charge on any atom is -0.465 e. The maximum Gasteiger partial charge on any atom is 0.407 e. The zero-order valence-electron chi connectivity index (χ0n) is 15.1. The van der Waals surface area contributed by atoms with Gasteiger partial charge in [-0.3, -0.25) is 4.79 Å². The number of rotatable bonds is 4. The molecular formula is C19H26ClN3O3. The summed E-state index contributed by atoms with van der Waals surface area (Å²) in [5.41, 5.74) is 0.924. The molecule has 2 unspecified atom stereocenters. The first-order valence-electron chi connectivity index (χ1n) is 9.21. The minimum absolute atomic E-state index is 0.0495. The van der Waals surface area contributed by atoms with Gasteiger partial charge in [-0.2, -0.15) is 0 Å². The third kappa shape index (κ3) is 4.30. The Morgan fingerprint density at radius 1 is 1.08 bits per heavy atom. The van der Waals surface area contributed by atoms with Crippen LogP contribution in [0.5, 0.6) is 0 Å². The predicted octanol–water partition coefficient (Wildman–Crippen LogP) is 2.56. The lowest BCUT2D eigenvalue weighted by Crippen LogP contribution is -2.64. The number of carboxylic acid groups (broad SMARTS) is 1. The van der Waals surface area contributed by atoms with E-state index in [0.29, 0.717) is 24.5 Å². The number of piperazine rings is 1. The van der Waals surface area contributed by atoms with E-state index in [4.69, 9.17) is 11.6 Å². The van der Waals surface area contributed by atoms with Gasteiger partial charge in [-0.1, -0.05) is 23.7 Å². The van der Waals surface area contributed by atoms with E-state index in [9.17, 15) is 14.7 Å². The van der Waals surface area contributed by atoms with Crippen molar-refractivity contribution >= 4 is 23.6 Å². The molecule has 2 amide bonds. The van der Waals surface area contributed by atoms with Gasteiger partial charge in [0, 0.05) is 24.7 Å². The van der Waals surface area contributed by atoms with Crippen molar-refractivity contribution in [2.75, 3.05) is 32.7 Å². The molecule has 3 rings (SSSR count). The highest BCUT2D eigenvalue weighted by Crippen LogP contribution is 2.22. The van der Waals surface area contributed by atoms with Crippen LogP contribution in [0.4, 0.5) is 4.79 Å². The molecule has 26 heavy (non-hydrogen) atoms. The van der Waals surface area contributed by atoms with Crippen molar-refractivity contribution in [3.05, 3.63) is 34.9 Å². The van der Waals surface area contributed by atoms with Crippen LogP contribution >= 0.6 is 11.6 Å². The van der Waals surface area contributed by atoms with Crippen LogP contribution in [0.1, 0.15) is 25.3 Å². The second kappa shape index (κ2) is 8.27. The third-order valence-corrected chi connectivity index (χ3v) is 5.76. The topological polar surface area (TPSA) is 64.1 Å². The van der Waals surface area contributed by atoms with Crippen LogP contribution in [0, 0.1) is 0 Å². The maximum atomic E-state index is 13.0. The van der Waals surface area contributed by atoms with Gasteiger partial charge in [-0.05, 0) is 50.6 Å². The first-order chi connectivity index (χ1) is 12.5. The molecule has 2 aliphatic heterocycles. The number of hydrogen-bond donors (Lipinski definition) is 1. The summed E-state index contributed by atoms with van der Waals surface area (Å²) in [4.78, 5) is 30.2. The predicted molar refractivity (Wildman–Crippen MR) is 101 cm³/mol. The Morgan fingerprint density at radius 3 is 2.31 bits per heavy atom. The number of nitrogens with zero attached hydrogens (tertiary/aromatic N) is 3. The third-order valence-electron chi connectivity index (χ3n) is 5.51. The first kappa shape index (κ1) is 19.0.